The van der Waals surface area contributed by atoms with Crippen molar-refractivity contribution in [3.8, 4) is 5.75 Å². The molecular weight excluding hydrogens is 266 g/mol. The van der Waals surface area contributed by atoms with Gasteiger partial charge in [0.25, 0.3) is 0 Å². The van der Waals surface area contributed by atoms with Gasteiger partial charge in [-0.1, -0.05) is 19.1 Å². The van der Waals surface area contributed by atoms with Gasteiger partial charge in [-0.3, -0.25) is 4.79 Å². The molecule has 0 unspecified atom stereocenters. The van der Waals surface area contributed by atoms with Crippen LogP contribution in [0.15, 0.2) is 24.3 Å². The highest BCUT2D eigenvalue weighted by molar-refractivity contribution is 5.69. The average molecular weight is 293 g/mol. The van der Waals surface area contributed by atoms with Crippen LogP contribution in [0.25, 0.3) is 0 Å². The maximum Gasteiger partial charge on any atom is 0.307 e. The molecule has 0 bridgehead atoms. The Kier molecular flexibility index (Phi) is 8.51. The molecule has 4 heteroatoms. The molecule has 0 atom stereocenters. The Labute approximate surface area is 128 Å². The van der Waals surface area contributed by atoms with Gasteiger partial charge in [-0.2, -0.15) is 0 Å². The zero-order chi connectivity index (χ0) is 15.5. The molecule has 0 heterocycles. The van der Waals surface area contributed by atoms with Gasteiger partial charge in [0, 0.05) is 6.54 Å². The molecule has 21 heavy (non-hydrogen) atoms. The highest BCUT2D eigenvalue weighted by atomic mass is 16.5. The SMILES string of the molecule is CCOC(=O)CCN(CC)CCCc1ccc(OC)cc1. The standard InChI is InChI=1S/C17H27NO3/c1-4-18(14-12-17(19)21-5-2)13-6-7-15-8-10-16(20-3)11-9-15/h8-11H,4-7,12-14H2,1-3H3. The highest BCUT2D eigenvalue weighted by Crippen LogP contribution is 2.12. The second-order valence-electron chi connectivity index (χ2n) is 4.94. The number of rotatable bonds is 10. The van der Waals surface area contributed by atoms with Crippen LogP contribution in [0.2, 0.25) is 0 Å². The first-order valence-corrected chi connectivity index (χ1v) is 7.70. The molecule has 0 saturated carbocycles. The molecule has 0 saturated heterocycles. The fourth-order valence-corrected chi connectivity index (χ4v) is 2.21. The summed E-state index contributed by atoms with van der Waals surface area (Å²) in [7, 11) is 1.68. The molecule has 4 nitrogen and oxygen atoms in total. The van der Waals surface area contributed by atoms with E-state index in [4.69, 9.17) is 9.47 Å². The summed E-state index contributed by atoms with van der Waals surface area (Å²) in [6, 6.07) is 8.20. The van der Waals surface area contributed by atoms with Gasteiger partial charge in [0.05, 0.1) is 20.1 Å². The number of benzene rings is 1. The minimum absolute atomic E-state index is 0.105. The molecule has 0 fully saturated rings. The van der Waals surface area contributed by atoms with Gasteiger partial charge in [-0.25, -0.2) is 0 Å². The maximum atomic E-state index is 11.4. The van der Waals surface area contributed by atoms with E-state index in [-0.39, 0.29) is 5.97 Å². The molecular formula is C17H27NO3. The van der Waals surface area contributed by atoms with Crippen LogP contribution >= 0.6 is 0 Å². The predicted octanol–water partition coefficient (Wildman–Crippen LogP) is 2.90. The summed E-state index contributed by atoms with van der Waals surface area (Å²) in [5, 5.41) is 0. The van der Waals surface area contributed by atoms with E-state index < -0.39 is 0 Å². The first-order chi connectivity index (χ1) is 10.2. The predicted molar refractivity (Wildman–Crippen MR) is 84.7 cm³/mol. The molecule has 0 spiro atoms. The molecule has 0 N–H and O–H groups in total. The van der Waals surface area contributed by atoms with Gasteiger partial charge >= 0.3 is 5.97 Å². The molecule has 0 radical (unpaired) electrons. The van der Waals surface area contributed by atoms with Crippen molar-refractivity contribution in [1.29, 1.82) is 0 Å². The minimum Gasteiger partial charge on any atom is -0.497 e. The van der Waals surface area contributed by atoms with Gasteiger partial charge in [0.2, 0.25) is 0 Å². The normalized spacial score (nSPS) is 10.7. The molecule has 0 aromatic heterocycles. The van der Waals surface area contributed by atoms with Crippen molar-refractivity contribution in [1.82, 2.24) is 4.90 Å². The molecule has 0 amide bonds. The lowest BCUT2D eigenvalue weighted by Crippen LogP contribution is -2.28. The number of esters is 1. The Morgan fingerprint density at radius 2 is 1.86 bits per heavy atom. The van der Waals surface area contributed by atoms with E-state index in [0.29, 0.717) is 13.0 Å². The van der Waals surface area contributed by atoms with Crippen LogP contribution in [0.3, 0.4) is 0 Å². The van der Waals surface area contributed by atoms with E-state index in [9.17, 15) is 4.79 Å². The zero-order valence-corrected chi connectivity index (χ0v) is 13.4. The number of hydrogen-bond acceptors (Lipinski definition) is 4. The third kappa shape index (κ3) is 7.14. The molecule has 0 aliphatic carbocycles. The van der Waals surface area contributed by atoms with E-state index in [1.165, 1.54) is 5.56 Å². The number of carbonyl (C=O) groups excluding carboxylic acids is 1. The molecule has 0 aliphatic heterocycles. The Bertz CT molecular complexity index is 403. The fraction of sp³-hybridized carbons (Fsp3) is 0.588. The van der Waals surface area contributed by atoms with Crippen LogP contribution in [0, 0.1) is 0 Å². The second kappa shape index (κ2) is 10.2. The summed E-state index contributed by atoms with van der Waals surface area (Å²) in [6.45, 7) is 7.16. The van der Waals surface area contributed by atoms with Gasteiger partial charge in [0.15, 0.2) is 0 Å². The van der Waals surface area contributed by atoms with Gasteiger partial charge in [0.1, 0.15) is 5.75 Å². The van der Waals surface area contributed by atoms with Gasteiger partial charge in [-0.15, -0.1) is 0 Å². The molecule has 0 aliphatic rings. The van der Waals surface area contributed by atoms with E-state index in [1.54, 1.807) is 7.11 Å². The first-order valence-electron chi connectivity index (χ1n) is 7.70. The summed E-state index contributed by atoms with van der Waals surface area (Å²) < 4.78 is 10.1. The summed E-state index contributed by atoms with van der Waals surface area (Å²) in [4.78, 5) is 13.7. The van der Waals surface area contributed by atoms with Crippen LogP contribution in [0.1, 0.15) is 32.3 Å². The quantitative estimate of drug-likeness (QED) is 0.622. The smallest absolute Gasteiger partial charge is 0.307 e. The molecule has 1 rings (SSSR count). The van der Waals surface area contributed by atoms with Crippen molar-refractivity contribution in [2.75, 3.05) is 33.4 Å². The third-order valence-electron chi connectivity index (χ3n) is 3.48. The van der Waals surface area contributed by atoms with Crippen molar-refractivity contribution in [2.24, 2.45) is 0 Å². The molecule has 1 aromatic carbocycles. The zero-order valence-electron chi connectivity index (χ0n) is 13.4. The van der Waals surface area contributed by atoms with Crippen LogP contribution in [0.4, 0.5) is 0 Å². The second-order valence-corrected chi connectivity index (χ2v) is 4.94. The number of carbonyl (C=O) groups is 1. The largest absolute Gasteiger partial charge is 0.497 e. The lowest BCUT2D eigenvalue weighted by atomic mass is 10.1. The van der Waals surface area contributed by atoms with E-state index in [0.717, 1.165) is 38.2 Å². The number of nitrogens with zero attached hydrogens (tertiary/aromatic N) is 1. The molecule has 1 aromatic rings. The topological polar surface area (TPSA) is 38.8 Å². The molecule has 118 valence electrons. The van der Waals surface area contributed by atoms with Crippen molar-refractivity contribution in [3.05, 3.63) is 29.8 Å². The number of hydrogen-bond donors (Lipinski definition) is 0. The van der Waals surface area contributed by atoms with E-state index in [1.807, 2.05) is 19.1 Å². The van der Waals surface area contributed by atoms with Crippen molar-refractivity contribution >= 4 is 5.97 Å². The Morgan fingerprint density at radius 1 is 1.14 bits per heavy atom. The summed E-state index contributed by atoms with van der Waals surface area (Å²) in [5.74, 6) is 0.787. The Hall–Kier alpha value is -1.55. The van der Waals surface area contributed by atoms with Crippen molar-refractivity contribution < 1.29 is 14.3 Å². The maximum absolute atomic E-state index is 11.4. The minimum atomic E-state index is -0.105. The van der Waals surface area contributed by atoms with E-state index in [2.05, 4.69) is 24.0 Å². The summed E-state index contributed by atoms with van der Waals surface area (Å²) in [6.07, 6.45) is 2.60. The van der Waals surface area contributed by atoms with Crippen LogP contribution in [-0.2, 0) is 16.0 Å². The van der Waals surface area contributed by atoms with Crippen molar-refractivity contribution in [2.45, 2.75) is 33.1 Å². The van der Waals surface area contributed by atoms with E-state index >= 15 is 0 Å². The van der Waals surface area contributed by atoms with Gasteiger partial charge in [-0.05, 0) is 50.6 Å². The highest BCUT2D eigenvalue weighted by Gasteiger charge is 2.07. The monoisotopic (exact) mass is 293 g/mol. The Morgan fingerprint density at radius 3 is 2.43 bits per heavy atom. The first kappa shape index (κ1) is 17.5. The van der Waals surface area contributed by atoms with Crippen LogP contribution in [-0.4, -0.2) is 44.2 Å². The van der Waals surface area contributed by atoms with Gasteiger partial charge < -0.3 is 14.4 Å². The lowest BCUT2D eigenvalue weighted by Gasteiger charge is -2.19. The summed E-state index contributed by atoms with van der Waals surface area (Å²) >= 11 is 0. The third-order valence-corrected chi connectivity index (χ3v) is 3.48. The van der Waals surface area contributed by atoms with Crippen LogP contribution < -0.4 is 4.74 Å². The number of ether oxygens (including phenoxy) is 2. The van der Waals surface area contributed by atoms with Crippen LogP contribution in [0.5, 0.6) is 5.75 Å². The average Bonchev–Trinajstić information content (AvgIpc) is 2.51. The summed E-state index contributed by atoms with van der Waals surface area (Å²) in [5.41, 5.74) is 1.32. The van der Waals surface area contributed by atoms with Crippen molar-refractivity contribution in [3.63, 3.8) is 0 Å². The number of methoxy groups -OCH3 is 1. The fourth-order valence-electron chi connectivity index (χ4n) is 2.21. The lowest BCUT2D eigenvalue weighted by molar-refractivity contribution is -0.143. The Balaban J connectivity index is 2.26. The number of aryl methyl sites for hydroxylation is 1.